The minimum Gasteiger partial charge on any atom is -0.460 e. The zero-order valence-corrected chi connectivity index (χ0v) is 16.7. The summed E-state index contributed by atoms with van der Waals surface area (Å²) >= 11 is 0. The molecule has 1 aliphatic heterocycles. The van der Waals surface area contributed by atoms with E-state index in [1.54, 1.807) is 24.3 Å². The molecule has 7 nitrogen and oxygen atoms in total. The summed E-state index contributed by atoms with van der Waals surface area (Å²) < 4.78 is 15.8. The lowest BCUT2D eigenvalue weighted by Crippen LogP contribution is -2.28. The molecule has 1 aliphatic rings. The number of ether oxygens (including phenoxy) is 3. The number of hydrogen-bond acceptors (Lipinski definition) is 7. The van der Waals surface area contributed by atoms with E-state index in [-0.39, 0.29) is 47.7 Å². The van der Waals surface area contributed by atoms with Crippen LogP contribution < -0.4 is 14.8 Å². The Morgan fingerprint density at radius 1 is 0.931 bits per heavy atom. The summed E-state index contributed by atoms with van der Waals surface area (Å²) in [4.78, 5) is 36.3. The Balaban J connectivity index is 0.00000300. The monoisotopic (exact) mass is 419 g/mol. The lowest BCUT2D eigenvalue weighted by atomic mass is 10.2. The van der Waals surface area contributed by atoms with Gasteiger partial charge in [0.1, 0.15) is 29.2 Å². The molecular formula is C21H22ClNO6. The van der Waals surface area contributed by atoms with Crippen LogP contribution in [0.15, 0.2) is 48.5 Å². The topological polar surface area (TPSA) is 90.9 Å². The number of carbonyl (C=O) groups excluding carboxylic acids is 3. The highest BCUT2D eigenvalue weighted by molar-refractivity contribution is 5.98. The van der Waals surface area contributed by atoms with Crippen molar-refractivity contribution in [2.75, 3.05) is 13.2 Å². The van der Waals surface area contributed by atoms with Crippen molar-refractivity contribution in [3.05, 3.63) is 59.7 Å². The number of hydrogen-bond donors (Lipinski definition) is 1. The molecule has 29 heavy (non-hydrogen) atoms. The Hall–Kier alpha value is -2.90. The van der Waals surface area contributed by atoms with Crippen molar-refractivity contribution in [3.8, 4) is 11.5 Å². The van der Waals surface area contributed by atoms with Gasteiger partial charge in [0.2, 0.25) is 0 Å². The van der Waals surface area contributed by atoms with E-state index in [9.17, 15) is 14.4 Å². The van der Waals surface area contributed by atoms with Crippen molar-refractivity contribution in [2.24, 2.45) is 0 Å². The maximum Gasteiger partial charge on any atom is 0.347 e. The summed E-state index contributed by atoms with van der Waals surface area (Å²) in [5, 5.41) is 3.25. The molecule has 0 spiro atoms. The van der Waals surface area contributed by atoms with Gasteiger partial charge in [-0.15, -0.1) is 12.4 Å². The maximum absolute atomic E-state index is 12.6. The molecule has 1 atom stereocenters. The van der Waals surface area contributed by atoms with E-state index in [2.05, 4.69) is 5.32 Å². The van der Waals surface area contributed by atoms with Crippen molar-refractivity contribution >= 4 is 30.3 Å². The SMILES string of the molecule is CC(=O)Oc1ccccc1C(=O)Oc1ccccc1C(=O)OCC1CCCN1.Cl. The highest BCUT2D eigenvalue weighted by Crippen LogP contribution is 2.24. The molecular weight excluding hydrogens is 398 g/mol. The van der Waals surface area contributed by atoms with Gasteiger partial charge in [-0.05, 0) is 43.7 Å². The van der Waals surface area contributed by atoms with Crippen molar-refractivity contribution in [1.82, 2.24) is 5.32 Å². The average Bonchev–Trinajstić information content (AvgIpc) is 3.20. The van der Waals surface area contributed by atoms with Gasteiger partial charge in [-0.25, -0.2) is 9.59 Å². The highest BCUT2D eigenvalue weighted by Gasteiger charge is 2.22. The molecule has 1 unspecified atom stereocenters. The molecule has 0 amide bonds. The van der Waals surface area contributed by atoms with Crippen LogP contribution >= 0.6 is 12.4 Å². The van der Waals surface area contributed by atoms with E-state index in [4.69, 9.17) is 14.2 Å². The van der Waals surface area contributed by atoms with Crippen molar-refractivity contribution in [3.63, 3.8) is 0 Å². The quantitative estimate of drug-likeness (QED) is 0.568. The second-order valence-corrected chi connectivity index (χ2v) is 6.37. The predicted octanol–water partition coefficient (Wildman–Crippen LogP) is 3.16. The fraction of sp³-hybridized carbons (Fsp3) is 0.286. The van der Waals surface area contributed by atoms with Gasteiger partial charge in [0.25, 0.3) is 0 Å². The molecule has 0 aromatic heterocycles. The molecule has 0 bridgehead atoms. The second kappa shape index (κ2) is 10.6. The van der Waals surface area contributed by atoms with Crippen molar-refractivity contribution < 1.29 is 28.6 Å². The number of para-hydroxylation sites is 2. The zero-order chi connectivity index (χ0) is 19.9. The molecule has 8 heteroatoms. The van der Waals surface area contributed by atoms with Crippen LogP contribution in [0.4, 0.5) is 0 Å². The van der Waals surface area contributed by atoms with E-state index in [1.165, 1.54) is 31.2 Å². The Bertz CT molecular complexity index is 879. The standard InChI is InChI=1S/C21H21NO6.ClH/c1-14(23)27-18-10-4-3-9-17(18)21(25)28-19-11-5-2-8-16(19)20(24)26-13-15-7-6-12-22-15;/h2-5,8-11,15,22H,6-7,12-13H2,1H3;1H. The van der Waals surface area contributed by atoms with Crippen molar-refractivity contribution in [2.45, 2.75) is 25.8 Å². The molecule has 154 valence electrons. The van der Waals surface area contributed by atoms with Crippen LogP contribution in [-0.4, -0.2) is 37.1 Å². The van der Waals surface area contributed by atoms with Crippen LogP contribution in [0.1, 0.15) is 40.5 Å². The van der Waals surface area contributed by atoms with Gasteiger partial charge < -0.3 is 19.5 Å². The Morgan fingerprint density at radius 2 is 1.52 bits per heavy atom. The third kappa shape index (κ3) is 6.04. The molecule has 0 radical (unpaired) electrons. The van der Waals surface area contributed by atoms with Crippen LogP contribution in [0, 0.1) is 0 Å². The lowest BCUT2D eigenvalue weighted by Gasteiger charge is -2.13. The summed E-state index contributed by atoms with van der Waals surface area (Å²) in [5.74, 6) is -1.69. The molecule has 1 fully saturated rings. The number of rotatable bonds is 6. The predicted molar refractivity (Wildman–Crippen MR) is 108 cm³/mol. The zero-order valence-electron chi connectivity index (χ0n) is 15.9. The number of benzene rings is 2. The Kier molecular flexibility index (Phi) is 8.18. The van der Waals surface area contributed by atoms with E-state index < -0.39 is 17.9 Å². The Labute approximate surface area is 174 Å². The van der Waals surface area contributed by atoms with Crippen LogP contribution in [0.3, 0.4) is 0 Å². The van der Waals surface area contributed by atoms with Gasteiger partial charge in [0, 0.05) is 13.0 Å². The summed E-state index contributed by atoms with van der Waals surface area (Å²) in [6.45, 7) is 2.42. The number of carbonyl (C=O) groups is 3. The third-order valence-corrected chi connectivity index (χ3v) is 4.25. The number of halogens is 1. The summed E-state index contributed by atoms with van der Waals surface area (Å²) in [6.07, 6.45) is 2.01. The first kappa shape index (κ1) is 22.4. The van der Waals surface area contributed by atoms with E-state index in [0.717, 1.165) is 19.4 Å². The normalized spacial score (nSPS) is 15.1. The fourth-order valence-corrected chi connectivity index (χ4v) is 2.91. The fourth-order valence-electron chi connectivity index (χ4n) is 2.91. The highest BCUT2D eigenvalue weighted by atomic mass is 35.5. The smallest absolute Gasteiger partial charge is 0.347 e. The Morgan fingerprint density at radius 3 is 2.10 bits per heavy atom. The first-order valence-electron chi connectivity index (χ1n) is 9.04. The van der Waals surface area contributed by atoms with Gasteiger partial charge >= 0.3 is 17.9 Å². The van der Waals surface area contributed by atoms with Gasteiger partial charge in [-0.2, -0.15) is 0 Å². The molecule has 0 saturated carbocycles. The van der Waals surface area contributed by atoms with E-state index >= 15 is 0 Å². The van der Waals surface area contributed by atoms with Gasteiger partial charge in [-0.3, -0.25) is 4.79 Å². The molecule has 1 N–H and O–H groups in total. The maximum atomic E-state index is 12.6. The van der Waals surface area contributed by atoms with Crippen LogP contribution in [0.25, 0.3) is 0 Å². The van der Waals surface area contributed by atoms with Crippen molar-refractivity contribution in [1.29, 1.82) is 0 Å². The first-order valence-corrected chi connectivity index (χ1v) is 9.04. The molecule has 3 rings (SSSR count). The minimum atomic E-state index is -0.741. The minimum absolute atomic E-state index is 0. The number of nitrogens with one attached hydrogen (secondary N) is 1. The summed E-state index contributed by atoms with van der Waals surface area (Å²) in [7, 11) is 0. The van der Waals surface area contributed by atoms with Gasteiger partial charge in [-0.1, -0.05) is 24.3 Å². The van der Waals surface area contributed by atoms with Gasteiger partial charge in [0.15, 0.2) is 0 Å². The van der Waals surface area contributed by atoms with Crippen LogP contribution in [0.5, 0.6) is 11.5 Å². The first-order chi connectivity index (χ1) is 13.5. The lowest BCUT2D eigenvalue weighted by molar-refractivity contribution is -0.131. The van der Waals surface area contributed by atoms with Gasteiger partial charge in [0.05, 0.1) is 0 Å². The molecule has 2 aromatic carbocycles. The second-order valence-electron chi connectivity index (χ2n) is 6.37. The molecule has 2 aromatic rings. The molecule has 1 heterocycles. The average molecular weight is 420 g/mol. The van der Waals surface area contributed by atoms with Crippen LogP contribution in [-0.2, 0) is 9.53 Å². The van der Waals surface area contributed by atoms with E-state index in [0.29, 0.717) is 0 Å². The summed E-state index contributed by atoms with van der Waals surface area (Å²) in [6, 6.07) is 12.7. The number of esters is 3. The molecule has 1 saturated heterocycles. The molecule has 0 aliphatic carbocycles. The van der Waals surface area contributed by atoms with E-state index in [1.807, 2.05) is 0 Å². The summed E-state index contributed by atoms with van der Waals surface area (Å²) in [5.41, 5.74) is 0.231. The third-order valence-electron chi connectivity index (χ3n) is 4.25. The largest absolute Gasteiger partial charge is 0.460 e. The van der Waals surface area contributed by atoms with Crippen LogP contribution in [0.2, 0.25) is 0 Å².